The predicted molar refractivity (Wildman–Crippen MR) is 75.7 cm³/mol. The number of nitrogens with zero attached hydrogens (tertiary/aromatic N) is 1. The fourth-order valence-corrected chi connectivity index (χ4v) is 2.17. The Labute approximate surface area is 127 Å². The van der Waals surface area contributed by atoms with Gasteiger partial charge in [0.1, 0.15) is 5.82 Å². The van der Waals surface area contributed by atoms with Crippen LogP contribution in [0.25, 0.3) is 0 Å². The van der Waals surface area contributed by atoms with Gasteiger partial charge in [0.25, 0.3) is 0 Å². The van der Waals surface area contributed by atoms with Crippen molar-refractivity contribution in [2.45, 2.75) is 12.7 Å². The molecule has 0 aliphatic carbocycles. The van der Waals surface area contributed by atoms with Crippen LogP contribution in [-0.2, 0) is 12.7 Å². The van der Waals surface area contributed by atoms with Crippen molar-refractivity contribution in [3.05, 3.63) is 57.2 Å². The molecule has 1 aromatic heterocycles. The maximum absolute atomic E-state index is 12.9. The average molecular weight is 366 g/mol. The third-order valence-corrected chi connectivity index (χ3v) is 3.18. The Balaban J connectivity index is 2.21. The van der Waals surface area contributed by atoms with Crippen molar-refractivity contribution in [2.24, 2.45) is 0 Å². The second kappa shape index (κ2) is 6.01. The number of hydrogen-bond acceptors (Lipinski definition) is 2. The Morgan fingerprint density at radius 1 is 1.25 bits per heavy atom. The van der Waals surface area contributed by atoms with E-state index >= 15 is 0 Å². The van der Waals surface area contributed by atoms with Crippen molar-refractivity contribution in [2.75, 3.05) is 5.32 Å². The van der Waals surface area contributed by atoms with Crippen LogP contribution in [0.1, 0.15) is 11.1 Å². The molecule has 2 rings (SSSR count). The van der Waals surface area contributed by atoms with Crippen LogP contribution in [0.4, 0.5) is 19.0 Å². The van der Waals surface area contributed by atoms with Gasteiger partial charge < -0.3 is 5.32 Å². The maximum atomic E-state index is 12.9. The second-order valence-corrected chi connectivity index (χ2v) is 5.38. The molecule has 0 saturated carbocycles. The van der Waals surface area contributed by atoms with Gasteiger partial charge in [0.15, 0.2) is 0 Å². The van der Waals surface area contributed by atoms with Gasteiger partial charge in [0.05, 0.1) is 5.56 Å². The van der Waals surface area contributed by atoms with E-state index in [4.69, 9.17) is 11.6 Å². The first-order chi connectivity index (χ1) is 9.36. The summed E-state index contributed by atoms with van der Waals surface area (Å²) in [5, 5.41) is 3.21. The lowest BCUT2D eigenvalue weighted by atomic mass is 10.2. The van der Waals surface area contributed by atoms with Crippen LogP contribution in [0.2, 0.25) is 5.02 Å². The third-order valence-electron chi connectivity index (χ3n) is 2.51. The molecule has 0 amide bonds. The third kappa shape index (κ3) is 3.86. The summed E-state index contributed by atoms with van der Waals surface area (Å²) >= 11 is 8.81. The predicted octanol–water partition coefficient (Wildman–Crippen LogP) is 5.13. The lowest BCUT2D eigenvalue weighted by Crippen LogP contribution is -2.12. The minimum atomic E-state index is -4.46. The van der Waals surface area contributed by atoms with Crippen LogP contribution in [0.3, 0.4) is 0 Å². The zero-order valence-corrected chi connectivity index (χ0v) is 12.4. The highest BCUT2D eigenvalue weighted by molar-refractivity contribution is 9.10. The zero-order chi connectivity index (χ0) is 14.8. The fourth-order valence-electron chi connectivity index (χ4n) is 1.63. The lowest BCUT2D eigenvalue weighted by Gasteiger charge is -2.14. The number of halogens is 5. The van der Waals surface area contributed by atoms with E-state index in [1.807, 2.05) is 0 Å². The highest BCUT2D eigenvalue weighted by Crippen LogP contribution is 2.35. The molecule has 0 aliphatic heterocycles. The highest BCUT2D eigenvalue weighted by atomic mass is 79.9. The highest BCUT2D eigenvalue weighted by Gasteiger charge is 2.34. The average Bonchev–Trinajstić information content (AvgIpc) is 2.36. The number of pyridine rings is 1. The van der Waals surface area contributed by atoms with Gasteiger partial charge in [-0.25, -0.2) is 4.98 Å². The van der Waals surface area contributed by atoms with E-state index in [0.717, 1.165) is 11.6 Å². The first-order valence-electron chi connectivity index (χ1n) is 5.57. The van der Waals surface area contributed by atoms with Crippen LogP contribution in [-0.4, -0.2) is 4.98 Å². The summed E-state index contributed by atoms with van der Waals surface area (Å²) in [6.07, 6.45) is -3.15. The van der Waals surface area contributed by atoms with E-state index in [1.165, 1.54) is 6.20 Å². The number of anilines is 1. The molecule has 0 unspecified atom stereocenters. The van der Waals surface area contributed by atoms with Crippen molar-refractivity contribution < 1.29 is 13.2 Å². The smallest absolute Gasteiger partial charge is 0.365 e. The number of rotatable bonds is 3. The minimum Gasteiger partial charge on any atom is -0.365 e. The number of nitrogens with one attached hydrogen (secondary N) is 1. The van der Waals surface area contributed by atoms with Gasteiger partial charge in [0.2, 0.25) is 0 Å². The number of aromatic nitrogens is 1. The molecule has 0 atom stereocenters. The first kappa shape index (κ1) is 15.1. The largest absolute Gasteiger partial charge is 0.419 e. The Bertz CT molecular complexity index is 617. The SMILES string of the molecule is FC(F)(F)c1cc(Br)cnc1NCc1cccc(Cl)c1. The molecule has 0 fully saturated rings. The van der Waals surface area contributed by atoms with E-state index in [1.54, 1.807) is 24.3 Å². The Morgan fingerprint density at radius 2 is 2.00 bits per heavy atom. The number of alkyl halides is 3. The molecular weight excluding hydrogens is 357 g/mol. The molecule has 1 N–H and O–H groups in total. The van der Waals surface area contributed by atoms with E-state index in [-0.39, 0.29) is 16.8 Å². The van der Waals surface area contributed by atoms with Crippen molar-refractivity contribution in [3.63, 3.8) is 0 Å². The van der Waals surface area contributed by atoms with Crippen LogP contribution in [0, 0.1) is 0 Å². The van der Waals surface area contributed by atoms with Gasteiger partial charge in [-0.15, -0.1) is 0 Å². The molecule has 106 valence electrons. The Kier molecular flexibility index (Phi) is 4.55. The topological polar surface area (TPSA) is 24.9 Å². The minimum absolute atomic E-state index is 0.207. The Morgan fingerprint density at radius 3 is 2.65 bits per heavy atom. The summed E-state index contributed by atoms with van der Waals surface area (Å²) in [5.74, 6) is -0.208. The van der Waals surface area contributed by atoms with E-state index < -0.39 is 11.7 Å². The molecule has 1 heterocycles. The molecule has 0 radical (unpaired) electrons. The zero-order valence-electron chi connectivity index (χ0n) is 10.0. The summed E-state index contributed by atoms with van der Waals surface area (Å²) in [7, 11) is 0. The lowest BCUT2D eigenvalue weighted by molar-refractivity contribution is -0.137. The maximum Gasteiger partial charge on any atom is 0.419 e. The summed E-state index contributed by atoms with van der Waals surface area (Å²) in [4.78, 5) is 3.77. The fraction of sp³-hybridized carbons (Fsp3) is 0.154. The van der Waals surface area contributed by atoms with Crippen LogP contribution in [0.15, 0.2) is 41.0 Å². The molecule has 2 aromatic rings. The van der Waals surface area contributed by atoms with Crippen molar-refractivity contribution in [1.29, 1.82) is 0 Å². The van der Waals surface area contributed by atoms with Gasteiger partial charge in [-0.3, -0.25) is 0 Å². The Hall–Kier alpha value is -1.27. The normalized spacial score (nSPS) is 11.4. The van der Waals surface area contributed by atoms with E-state index in [9.17, 15) is 13.2 Å². The van der Waals surface area contributed by atoms with Crippen molar-refractivity contribution in [1.82, 2.24) is 4.98 Å². The molecule has 0 bridgehead atoms. The van der Waals surface area contributed by atoms with Crippen molar-refractivity contribution in [3.8, 4) is 0 Å². The standard InChI is InChI=1S/C13H9BrClF3N2/c14-9-5-11(13(16,17)18)12(20-7-9)19-6-8-2-1-3-10(15)4-8/h1-5,7H,6H2,(H,19,20). The van der Waals surface area contributed by atoms with Gasteiger partial charge in [-0.1, -0.05) is 23.7 Å². The van der Waals surface area contributed by atoms with Gasteiger partial charge in [0, 0.05) is 22.2 Å². The summed E-state index contributed by atoms with van der Waals surface area (Å²) in [6, 6.07) is 7.88. The van der Waals surface area contributed by atoms with Gasteiger partial charge in [-0.05, 0) is 39.7 Å². The summed E-state index contributed by atoms with van der Waals surface area (Å²) in [5.41, 5.74) is -0.0377. The number of hydrogen-bond donors (Lipinski definition) is 1. The molecule has 0 aliphatic rings. The molecule has 7 heteroatoms. The molecular formula is C13H9BrClF3N2. The van der Waals surface area contributed by atoms with Crippen molar-refractivity contribution >= 4 is 33.3 Å². The molecule has 2 nitrogen and oxygen atoms in total. The van der Waals surface area contributed by atoms with E-state index in [0.29, 0.717) is 5.02 Å². The first-order valence-corrected chi connectivity index (χ1v) is 6.74. The summed E-state index contributed by atoms with van der Waals surface area (Å²) < 4.78 is 39.0. The molecule has 20 heavy (non-hydrogen) atoms. The monoisotopic (exact) mass is 364 g/mol. The number of benzene rings is 1. The molecule has 1 aromatic carbocycles. The van der Waals surface area contributed by atoms with E-state index in [2.05, 4.69) is 26.2 Å². The van der Waals surface area contributed by atoms with Gasteiger partial charge >= 0.3 is 6.18 Å². The van der Waals surface area contributed by atoms with Crippen LogP contribution < -0.4 is 5.32 Å². The molecule has 0 saturated heterocycles. The second-order valence-electron chi connectivity index (χ2n) is 4.03. The van der Waals surface area contributed by atoms with Gasteiger partial charge in [-0.2, -0.15) is 13.2 Å². The van der Waals surface area contributed by atoms with Crippen LogP contribution >= 0.6 is 27.5 Å². The summed E-state index contributed by atoms with van der Waals surface area (Å²) in [6.45, 7) is 0.207. The molecule has 0 spiro atoms. The quantitative estimate of drug-likeness (QED) is 0.816. The van der Waals surface area contributed by atoms with Crippen LogP contribution in [0.5, 0.6) is 0 Å².